The standard InChI is InChI=1S/C10H19NO2/c1-8(9-5-3-4-6-9)11(2)7-10(12)13/h8-9H,3-7H2,1-2H3,(H,12,13). The number of carboxylic acid groups (broad SMARTS) is 1. The molecule has 3 heteroatoms. The van der Waals surface area contributed by atoms with Crippen LogP contribution in [-0.4, -0.2) is 35.6 Å². The lowest BCUT2D eigenvalue weighted by Crippen LogP contribution is -2.37. The van der Waals surface area contributed by atoms with Crippen molar-refractivity contribution < 1.29 is 9.90 Å². The van der Waals surface area contributed by atoms with Crippen LogP contribution in [0.15, 0.2) is 0 Å². The third-order valence-electron chi connectivity index (χ3n) is 3.16. The molecule has 0 aliphatic heterocycles. The molecule has 0 saturated heterocycles. The van der Waals surface area contributed by atoms with Crippen molar-refractivity contribution in [1.82, 2.24) is 4.90 Å². The zero-order valence-electron chi connectivity index (χ0n) is 8.49. The first kappa shape index (κ1) is 10.5. The van der Waals surface area contributed by atoms with Gasteiger partial charge in [0.25, 0.3) is 0 Å². The normalized spacial score (nSPS) is 20.8. The maximum Gasteiger partial charge on any atom is 0.317 e. The molecule has 13 heavy (non-hydrogen) atoms. The highest BCUT2D eigenvalue weighted by atomic mass is 16.4. The maximum absolute atomic E-state index is 10.5. The molecule has 1 N–H and O–H groups in total. The summed E-state index contributed by atoms with van der Waals surface area (Å²) in [7, 11) is 1.90. The van der Waals surface area contributed by atoms with Gasteiger partial charge in [-0.3, -0.25) is 9.69 Å². The molecule has 1 atom stereocenters. The van der Waals surface area contributed by atoms with E-state index in [1.165, 1.54) is 25.7 Å². The van der Waals surface area contributed by atoms with Crippen molar-refractivity contribution >= 4 is 5.97 Å². The van der Waals surface area contributed by atoms with Crippen LogP contribution in [0.3, 0.4) is 0 Å². The highest BCUT2D eigenvalue weighted by Gasteiger charge is 2.24. The largest absolute Gasteiger partial charge is 0.480 e. The fourth-order valence-electron chi connectivity index (χ4n) is 2.16. The van der Waals surface area contributed by atoms with E-state index < -0.39 is 5.97 Å². The zero-order valence-corrected chi connectivity index (χ0v) is 8.49. The summed E-state index contributed by atoms with van der Waals surface area (Å²) in [6, 6.07) is 0.415. The fraction of sp³-hybridized carbons (Fsp3) is 0.900. The highest BCUT2D eigenvalue weighted by Crippen LogP contribution is 2.29. The van der Waals surface area contributed by atoms with Crippen molar-refractivity contribution in [2.75, 3.05) is 13.6 Å². The van der Waals surface area contributed by atoms with Crippen LogP contribution in [0.4, 0.5) is 0 Å². The second-order valence-corrected chi connectivity index (χ2v) is 4.09. The van der Waals surface area contributed by atoms with Gasteiger partial charge in [-0.05, 0) is 32.7 Å². The first-order valence-corrected chi connectivity index (χ1v) is 5.03. The van der Waals surface area contributed by atoms with Crippen LogP contribution in [0, 0.1) is 5.92 Å². The van der Waals surface area contributed by atoms with E-state index in [1.807, 2.05) is 11.9 Å². The van der Waals surface area contributed by atoms with E-state index >= 15 is 0 Å². The maximum atomic E-state index is 10.5. The lowest BCUT2D eigenvalue weighted by Gasteiger charge is -2.28. The van der Waals surface area contributed by atoms with Crippen molar-refractivity contribution in [1.29, 1.82) is 0 Å². The third kappa shape index (κ3) is 2.99. The lowest BCUT2D eigenvalue weighted by atomic mass is 9.99. The molecule has 1 unspecified atom stereocenters. The zero-order chi connectivity index (χ0) is 9.84. The molecule has 1 aliphatic carbocycles. The number of rotatable bonds is 4. The predicted molar refractivity (Wildman–Crippen MR) is 51.7 cm³/mol. The van der Waals surface area contributed by atoms with E-state index in [9.17, 15) is 4.79 Å². The van der Waals surface area contributed by atoms with Gasteiger partial charge in [0, 0.05) is 6.04 Å². The summed E-state index contributed by atoms with van der Waals surface area (Å²) in [5.41, 5.74) is 0. The average molecular weight is 185 g/mol. The smallest absolute Gasteiger partial charge is 0.317 e. The van der Waals surface area contributed by atoms with Gasteiger partial charge in [-0.2, -0.15) is 0 Å². The van der Waals surface area contributed by atoms with Crippen LogP contribution in [0.5, 0.6) is 0 Å². The number of nitrogens with zero attached hydrogens (tertiary/aromatic N) is 1. The summed E-state index contributed by atoms with van der Waals surface area (Å²) in [4.78, 5) is 12.4. The molecule has 0 aromatic heterocycles. The van der Waals surface area contributed by atoms with Crippen LogP contribution < -0.4 is 0 Å². The van der Waals surface area contributed by atoms with Gasteiger partial charge in [0.1, 0.15) is 0 Å². The van der Waals surface area contributed by atoms with Gasteiger partial charge in [-0.25, -0.2) is 0 Å². The molecule has 1 saturated carbocycles. The number of carbonyl (C=O) groups is 1. The van der Waals surface area contributed by atoms with Crippen molar-refractivity contribution in [3.05, 3.63) is 0 Å². The Labute approximate surface area is 79.7 Å². The van der Waals surface area contributed by atoms with E-state index in [2.05, 4.69) is 6.92 Å². The van der Waals surface area contributed by atoms with Crippen LogP contribution in [0.2, 0.25) is 0 Å². The molecular weight excluding hydrogens is 166 g/mol. The molecule has 0 bridgehead atoms. The summed E-state index contributed by atoms with van der Waals surface area (Å²) in [5, 5.41) is 8.63. The van der Waals surface area contributed by atoms with Gasteiger partial charge in [0.2, 0.25) is 0 Å². The van der Waals surface area contributed by atoms with Crippen molar-refractivity contribution in [2.24, 2.45) is 5.92 Å². The Bertz CT molecular complexity index is 176. The first-order chi connectivity index (χ1) is 6.11. The number of hydrogen-bond donors (Lipinski definition) is 1. The lowest BCUT2D eigenvalue weighted by molar-refractivity contribution is -0.138. The van der Waals surface area contributed by atoms with E-state index in [1.54, 1.807) is 0 Å². The first-order valence-electron chi connectivity index (χ1n) is 5.03. The Hall–Kier alpha value is -0.570. The summed E-state index contributed by atoms with van der Waals surface area (Å²) < 4.78 is 0. The van der Waals surface area contributed by atoms with Gasteiger partial charge in [0.15, 0.2) is 0 Å². The minimum absolute atomic E-state index is 0.164. The van der Waals surface area contributed by atoms with Crippen molar-refractivity contribution in [2.45, 2.75) is 38.6 Å². The predicted octanol–water partition coefficient (Wildman–Crippen LogP) is 1.58. The van der Waals surface area contributed by atoms with Crippen LogP contribution in [0.25, 0.3) is 0 Å². The van der Waals surface area contributed by atoms with Crippen molar-refractivity contribution in [3.63, 3.8) is 0 Å². The van der Waals surface area contributed by atoms with E-state index in [0.29, 0.717) is 12.0 Å². The quantitative estimate of drug-likeness (QED) is 0.723. The van der Waals surface area contributed by atoms with Gasteiger partial charge >= 0.3 is 5.97 Å². The second kappa shape index (κ2) is 4.61. The Morgan fingerprint density at radius 1 is 1.54 bits per heavy atom. The molecule has 0 spiro atoms. The SMILES string of the molecule is CC(C1CCCC1)N(C)CC(=O)O. The van der Waals surface area contributed by atoms with Gasteiger partial charge in [0.05, 0.1) is 6.54 Å². The number of carboxylic acids is 1. The van der Waals surface area contributed by atoms with Gasteiger partial charge < -0.3 is 5.11 Å². The van der Waals surface area contributed by atoms with Gasteiger partial charge in [-0.1, -0.05) is 12.8 Å². The number of aliphatic carboxylic acids is 1. The molecule has 1 fully saturated rings. The molecule has 3 nitrogen and oxygen atoms in total. The minimum atomic E-state index is -0.729. The average Bonchev–Trinajstić information content (AvgIpc) is 2.53. The molecule has 0 aromatic rings. The Kier molecular flexibility index (Phi) is 3.72. The van der Waals surface area contributed by atoms with E-state index in [4.69, 9.17) is 5.11 Å². The number of hydrogen-bond acceptors (Lipinski definition) is 2. The number of likely N-dealkylation sites (N-methyl/N-ethyl adjacent to an activating group) is 1. The molecule has 1 aliphatic rings. The summed E-state index contributed by atoms with van der Waals surface area (Å²) in [5.74, 6) is -0.0169. The van der Waals surface area contributed by atoms with Crippen LogP contribution in [0.1, 0.15) is 32.6 Å². The fourth-order valence-corrected chi connectivity index (χ4v) is 2.16. The van der Waals surface area contributed by atoms with Gasteiger partial charge in [-0.15, -0.1) is 0 Å². The minimum Gasteiger partial charge on any atom is -0.480 e. The Morgan fingerprint density at radius 2 is 2.08 bits per heavy atom. The molecule has 0 radical (unpaired) electrons. The summed E-state index contributed by atoms with van der Waals surface area (Å²) >= 11 is 0. The van der Waals surface area contributed by atoms with Crippen LogP contribution >= 0.6 is 0 Å². The molecule has 1 rings (SSSR count). The van der Waals surface area contributed by atoms with Crippen LogP contribution in [-0.2, 0) is 4.79 Å². The molecular formula is C10H19NO2. The molecule has 76 valence electrons. The monoisotopic (exact) mass is 185 g/mol. The molecule has 0 heterocycles. The molecule has 0 aromatic carbocycles. The highest BCUT2D eigenvalue weighted by molar-refractivity contribution is 5.69. The third-order valence-corrected chi connectivity index (χ3v) is 3.16. The Balaban J connectivity index is 2.36. The molecule has 0 amide bonds. The van der Waals surface area contributed by atoms with E-state index in [-0.39, 0.29) is 6.54 Å². The Morgan fingerprint density at radius 3 is 2.54 bits per heavy atom. The summed E-state index contributed by atoms with van der Waals surface area (Å²) in [6.07, 6.45) is 5.17. The summed E-state index contributed by atoms with van der Waals surface area (Å²) in [6.45, 7) is 2.30. The topological polar surface area (TPSA) is 40.5 Å². The van der Waals surface area contributed by atoms with E-state index in [0.717, 1.165) is 0 Å². The second-order valence-electron chi connectivity index (χ2n) is 4.09. The van der Waals surface area contributed by atoms with Crippen molar-refractivity contribution in [3.8, 4) is 0 Å².